The van der Waals surface area contributed by atoms with E-state index < -0.39 is 5.97 Å². The fraction of sp³-hybridized carbons (Fsp3) is 0.300. The first kappa shape index (κ1) is 25.9. The molecule has 3 aromatic rings. The van der Waals surface area contributed by atoms with Gasteiger partial charge in [-0.25, -0.2) is 4.79 Å². The van der Waals surface area contributed by atoms with Crippen molar-refractivity contribution in [3.8, 4) is 5.75 Å². The zero-order chi connectivity index (χ0) is 26.4. The first-order chi connectivity index (χ1) is 17.9. The van der Waals surface area contributed by atoms with Gasteiger partial charge in [-0.15, -0.1) is 0 Å². The molecule has 7 heteroatoms. The number of benzene rings is 3. The maximum Gasteiger partial charge on any atom is 0.344 e. The Bertz CT molecular complexity index is 1240. The monoisotopic (exact) mass is 500 g/mol. The van der Waals surface area contributed by atoms with Crippen LogP contribution in [0.4, 0.5) is 11.4 Å². The summed E-state index contributed by atoms with van der Waals surface area (Å²) >= 11 is 0. The number of fused-ring (bicyclic) bond motifs is 1. The van der Waals surface area contributed by atoms with E-state index in [0.29, 0.717) is 30.8 Å². The van der Waals surface area contributed by atoms with E-state index in [1.54, 1.807) is 36.1 Å². The molecule has 192 valence electrons. The minimum absolute atomic E-state index is 0.0383. The van der Waals surface area contributed by atoms with Crippen LogP contribution < -0.4 is 14.5 Å². The molecule has 0 N–H and O–H groups in total. The summed E-state index contributed by atoms with van der Waals surface area (Å²) in [6.45, 7) is 5.72. The van der Waals surface area contributed by atoms with Crippen LogP contribution in [-0.4, -0.2) is 37.0 Å². The number of hydrogen-bond acceptors (Lipinski definition) is 5. The SMILES string of the molecule is CCOC(=O)COc1ccc(C(=O)N2c3ccccc3C(N(C(=O)CC)c3ccccc3)CC2C)cc1. The lowest BCUT2D eigenvalue weighted by Gasteiger charge is -2.43. The highest BCUT2D eigenvalue weighted by Crippen LogP contribution is 2.43. The summed E-state index contributed by atoms with van der Waals surface area (Å²) < 4.78 is 10.3. The quantitative estimate of drug-likeness (QED) is 0.379. The fourth-order valence-electron chi connectivity index (χ4n) is 4.77. The van der Waals surface area contributed by atoms with Crippen molar-refractivity contribution in [2.45, 2.75) is 45.7 Å². The lowest BCUT2D eigenvalue weighted by Crippen LogP contribution is -2.47. The minimum atomic E-state index is -0.443. The predicted octanol–water partition coefficient (Wildman–Crippen LogP) is 5.55. The molecular formula is C30H32N2O5. The molecule has 0 saturated heterocycles. The molecule has 0 fully saturated rings. The zero-order valence-electron chi connectivity index (χ0n) is 21.4. The largest absolute Gasteiger partial charge is 0.482 e. The van der Waals surface area contributed by atoms with Crippen molar-refractivity contribution in [2.75, 3.05) is 23.0 Å². The molecule has 0 spiro atoms. The average molecular weight is 501 g/mol. The van der Waals surface area contributed by atoms with Gasteiger partial charge in [0.15, 0.2) is 6.61 Å². The van der Waals surface area contributed by atoms with Gasteiger partial charge >= 0.3 is 5.97 Å². The number of ether oxygens (including phenoxy) is 2. The van der Waals surface area contributed by atoms with Crippen molar-refractivity contribution in [1.29, 1.82) is 0 Å². The van der Waals surface area contributed by atoms with Crippen molar-refractivity contribution in [3.05, 3.63) is 90.0 Å². The Labute approximate surface area is 217 Å². The van der Waals surface area contributed by atoms with Crippen molar-refractivity contribution in [3.63, 3.8) is 0 Å². The molecule has 1 aliphatic heterocycles. The molecule has 2 amide bonds. The van der Waals surface area contributed by atoms with E-state index in [1.807, 2.05) is 73.3 Å². The number of para-hydroxylation sites is 2. The summed E-state index contributed by atoms with van der Waals surface area (Å²) in [5.41, 5.74) is 3.09. The standard InChI is InChI=1S/C30H32N2O5/c1-4-28(33)32(23-11-7-6-8-12-23)27-19-21(3)31(26-14-10-9-13-25(26)27)30(35)22-15-17-24(18-16-22)37-20-29(34)36-5-2/h6-18,21,27H,4-5,19-20H2,1-3H3. The molecule has 37 heavy (non-hydrogen) atoms. The highest BCUT2D eigenvalue weighted by molar-refractivity contribution is 6.07. The van der Waals surface area contributed by atoms with E-state index in [4.69, 9.17) is 9.47 Å². The summed E-state index contributed by atoms with van der Waals surface area (Å²) in [4.78, 5) is 42.1. The Morgan fingerprint density at radius 1 is 0.919 bits per heavy atom. The lowest BCUT2D eigenvalue weighted by atomic mass is 9.89. The minimum Gasteiger partial charge on any atom is -0.482 e. The van der Waals surface area contributed by atoms with E-state index in [-0.39, 0.29) is 30.5 Å². The first-order valence-electron chi connectivity index (χ1n) is 12.6. The lowest BCUT2D eigenvalue weighted by molar-refractivity contribution is -0.145. The topological polar surface area (TPSA) is 76.2 Å². The molecule has 1 heterocycles. The number of amides is 2. The Kier molecular flexibility index (Phi) is 8.23. The first-order valence-corrected chi connectivity index (χ1v) is 12.6. The van der Waals surface area contributed by atoms with E-state index in [9.17, 15) is 14.4 Å². The third-order valence-corrected chi connectivity index (χ3v) is 6.46. The number of hydrogen-bond donors (Lipinski definition) is 0. The van der Waals surface area contributed by atoms with Gasteiger partial charge in [0.1, 0.15) is 5.75 Å². The van der Waals surface area contributed by atoms with Crippen LogP contribution in [0.15, 0.2) is 78.9 Å². The van der Waals surface area contributed by atoms with Crippen molar-refractivity contribution < 1.29 is 23.9 Å². The summed E-state index contributed by atoms with van der Waals surface area (Å²) in [6.07, 6.45) is 0.985. The second kappa shape index (κ2) is 11.7. The second-order valence-electron chi connectivity index (χ2n) is 8.91. The van der Waals surface area contributed by atoms with Crippen LogP contribution in [0.2, 0.25) is 0 Å². The molecule has 0 aliphatic carbocycles. The molecular weight excluding hydrogens is 468 g/mol. The molecule has 7 nitrogen and oxygen atoms in total. The summed E-state index contributed by atoms with van der Waals surface area (Å²) in [7, 11) is 0. The van der Waals surface area contributed by atoms with E-state index in [2.05, 4.69) is 0 Å². The molecule has 1 aliphatic rings. The maximum absolute atomic E-state index is 13.7. The fourth-order valence-corrected chi connectivity index (χ4v) is 4.77. The highest BCUT2D eigenvalue weighted by Gasteiger charge is 2.38. The average Bonchev–Trinajstić information content (AvgIpc) is 2.92. The van der Waals surface area contributed by atoms with Gasteiger partial charge in [0.25, 0.3) is 5.91 Å². The molecule has 0 saturated carbocycles. The van der Waals surface area contributed by atoms with Crippen LogP contribution in [0, 0.1) is 0 Å². The third-order valence-electron chi connectivity index (χ3n) is 6.46. The van der Waals surface area contributed by atoms with Crippen molar-refractivity contribution >= 4 is 29.2 Å². The van der Waals surface area contributed by atoms with Gasteiger partial charge in [-0.05, 0) is 68.3 Å². The summed E-state index contributed by atoms with van der Waals surface area (Å²) in [5, 5.41) is 0. The van der Waals surface area contributed by atoms with Crippen LogP contribution in [0.3, 0.4) is 0 Å². The van der Waals surface area contributed by atoms with Crippen LogP contribution >= 0.6 is 0 Å². The van der Waals surface area contributed by atoms with E-state index in [0.717, 1.165) is 16.9 Å². The van der Waals surface area contributed by atoms with Crippen molar-refractivity contribution in [2.24, 2.45) is 0 Å². The number of esters is 1. The number of nitrogens with zero attached hydrogens (tertiary/aromatic N) is 2. The molecule has 3 aromatic carbocycles. The summed E-state index contributed by atoms with van der Waals surface area (Å²) in [6, 6.07) is 23.9. The number of carbonyl (C=O) groups is 3. The van der Waals surface area contributed by atoms with Crippen LogP contribution in [0.5, 0.6) is 5.75 Å². The molecule has 2 atom stereocenters. The van der Waals surface area contributed by atoms with Crippen LogP contribution in [0.25, 0.3) is 0 Å². The van der Waals surface area contributed by atoms with Gasteiger partial charge in [0, 0.05) is 29.4 Å². The number of rotatable bonds is 8. The molecule has 0 bridgehead atoms. The van der Waals surface area contributed by atoms with Gasteiger partial charge in [-0.2, -0.15) is 0 Å². The van der Waals surface area contributed by atoms with E-state index >= 15 is 0 Å². The van der Waals surface area contributed by atoms with Crippen molar-refractivity contribution in [1.82, 2.24) is 0 Å². The Morgan fingerprint density at radius 3 is 2.27 bits per heavy atom. The zero-order valence-corrected chi connectivity index (χ0v) is 21.4. The third kappa shape index (κ3) is 5.66. The highest BCUT2D eigenvalue weighted by atomic mass is 16.6. The Balaban J connectivity index is 1.61. The van der Waals surface area contributed by atoms with Gasteiger partial charge in [0.2, 0.25) is 5.91 Å². The summed E-state index contributed by atoms with van der Waals surface area (Å²) in [5.74, 6) is -0.0600. The van der Waals surface area contributed by atoms with Gasteiger partial charge in [0.05, 0.1) is 12.6 Å². The normalized spacial score (nSPS) is 16.5. The maximum atomic E-state index is 13.7. The second-order valence-corrected chi connectivity index (χ2v) is 8.91. The van der Waals surface area contributed by atoms with Crippen LogP contribution in [-0.2, 0) is 14.3 Å². The number of carbonyl (C=O) groups excluding carboxylic acids is 3. The Hall–Kier alpha value is -4.13. The van der Waals surface area contributed by atoms with Gasteiger partial charge in [-0.3, -0.25) is 9.59 Å². The molecule has 2 unspecified atom stereocenters. The van der Waals surface area contributed by atoms with Gasteiger partial charge in [-0.1, -0.05) is 43.3 Å². The number of anilines is 2. The predicted molar refractivity (Wildman–Crippen MR) is 143 cm³/mol. The smallest absolute Gasteiger partial charge is 0.344 e. The van der Waals surface area contributed by atoms with E-state index in [1.165, 1.54) is 0 Å². The molecule has 0 aromatic heterocycles. The molecule has 0 radical (unpaired) electrons. The Morgan fingerprint density at radius 2 is 1.59 bits per heavy atom. The molecule has 4 rings (SSSR count). The van der Waals surface area contributed by atoms with Gasteiger partial charge < -0.3 is 19.3 Å². The van der Waals surface area contributed by atoms with Crippen LogP contribution in [0.1, 0.15) is 55.6 Å².